The van der Waals surface area contributed by atoms with Crippen LogP contribution >= 0.6 is 11.3 Å². The normalized spacial score (nSPS) is 12.8. The second-order valence-corrected chi connectivity index (χ2v) is 11.2. The van der Waals surface area contributed by atoms with Gasteiger partial charge in [-0.05, 0) is 77.7 Å². The van der Waals surface area contributed by atoms with E-state index in [1.807, 2.05) is 17.4 Å². The molecule has 2 nitrogen and oxygen atoms in total. The Morgan fingerprint density at radius 2 is 1.41 bits per heavy atom. The van der Waals surface area contributed by atoms with Crippen molar-refractivity contribution < 1.29 is 4.42 Å². The zero-order valence-electron chi connectivity index (χ0n) is 21.3. The fourth-order valence-corrected chi connectivity index (χ4v) is 6.86. The number of nitrogens with one attached hydrogen (secondary N) is 1. The molecule has 0 unspecified atom stereocenters. The van der Waals surface area contributed by atoms with Gasteiger partial charge in [0.05, 0.1) is 0 Å². The van der Waals surface area contributed by atoms with Gasteiger partial charge >= 0.3 is 0 Å². The maximum absolute atomic E-state index is 6.20. The maximum Gasteiger partial charge on any atom is 0.134 e. The highest BCUT2D eigenvalue weighted by Gasteiger charge is 2.17. The van der Waals surface area contributed by atoms with Crippen LogP contribution in [0.1, 0.15) is 17.7 Å². The SMILES string of the molecule is C1=Cc2c(oc3ccc(-c4cc(-c5ccc6sc7ccccc7c6c5)ccc4Nc4ccccc4)cc23)CC1. The molecule has 3 heteroatoms. The van der Waals surface area contributed by atoms with Crippen LogP contribution in [0.25, 0.3) is 59.5 Å². The lowest BCUT2D eigenvalue weighted by atomic mass is 9.94. The van der Waals surface area contributed by atoms with Crippen LogP contribution in [0.4, 0.5) is 11.4 Å². The molecule has 1 N–H and O–H groups in total. The van der Waals surface area contributed by atoms with E-state index >= 15 is 0 Å². The number of rotatable bonds is 4. The van der Waals surface area contributed by atoms with Gasteiger partial charge in [-0.3, -0.25) is 0 Å². The Labute approximate surface area is 230 Å². The van der Waals surface area contributed by atoms with E-state index in [2.05, 4.69) is 121 Å². The van der Waals surface area contributed by atoms with E-state index in [1.165, 1.54) is 53.4 Å². The van der Waals surface area contributed by atoms with Gasteiger partial charge in [-0.25, -0.2) is 0 Å². The molecule has 186 valence electrons. The first-order chi connectivity index (χ1) is 19.3. The summed E-state index contributed by atoms with van der Waals surface area (Å²) in [5.41, 5.74) is 9.11. The molecule has 0 bridgehead atoms. The first-order valence-electron chi connectivity index (χ1n) is 13.4. The number of furan rings is 1. The molecular formula is C36H25NOS. The van der Waals surface area contributed by atoms with Crippen LogP contribution in [0.5, 0.6) is 0 Å². The molecule has 39 heavy (non-hydrogen) atoms. The summed E-state index contributed by atoms with van der Waals surface area (Å²) in [6.45, 7) is 0. The molecule has 5 aromatic carbocycles. The smallest absolute Gasteiger partial charge is 0.134 e. The molecule has 1 aliphatic carbocycles. The molecule has 0 atom stereocenters. The Morgan fingerprint density at radius 1 is 0.641 bits per heavy atom. The topological polar surface area (TPSA) is 25.2 Å². The van der Waals surface area contributed by atoms with E-state index in [0.717, 1.165) is 35.6 Å². The van der Waals surface area contributed by atoms with Gasteiger partial charge in [0.25, 0.3) is 0 Å². The highest BCUT2D eigenvalue weighted by Crippen LogP contribution is 2.40. The summed E-state index contributed by atoms with van der Waals surface area (Å²) in [6.07, 6.45) is 6.47. The number of fused-ring (bicyclic) bond motifs is 6. The van der Waals surface area contributed by atoms with Crippen molar-refractivity contribution in [2.75, 3.05) is 5.32 Å². The Morgan fingerprint density at radius 3 is 2.36 bits per heavy atom. The number of hydrogen-bond acceptors (Lipinski definition) is 3. The minimum atomic E-state index is 0.957. The molecule has 0 amide bonds. The summed E-state index contributed by atoms with van der Waals surface area (Å²) in [5, 5.41) is 7.49. The molecule has 0 saturated carbocycles. The Bertz CT molecular complexity index is 2040. The summed E-state index contributed by atoms with van der Waals surface area (Å²) in [4.78, 5) is 0. The molecule has 0 fully saturated rings. The first kappa shape index (κ1) is 22.4. The molecule has 2 heterocycles. The summed E-state index contributed by atoms with van der Waals surface area (Å²) < 4.78 is 8.86. The van der Waals surface area contributed by atoms with Crippen molar-refractivity contribution in [2.24, 2.45) is 0 Å². The van der Waals surface area contributed by atoms with Gasteiger partial charge in [0.1, 0.15) is 11.3 Å². The minimum absolute atomic E-state index is 0.957. The summed E-state index contributed by atoms with van der Waals surface area (Å²) in [5.74, 6) is 1.09. The summed E-state index contributed by atoms with van der Waals surface area (Å²) >= 11 is 1.86. The third kappa shape index (κ3) is 3.86. The van der Waals surface area contributed by atoms with Gasteiger partial charge in [-0.15, -0.1) is 11.3 Å². The largest absolute Gasteiger partial charge is 0.460 e. The molecule has 1 aliphatic rings. The lowest BCUT2D eigenvalue weighted by Crippen LogP contribution is -1.94. The average molecular weight is 520 g/mol. The molecule has 0 spiro atoms. The highest BCUT2D eigenvalue weighted by molar-refractivity contribution is 7.25. The lowest BCUT2D eigenvalue weighted by molar-refractivity contribution is 0.546. The van der Waals surface area contributed by atoms with Crippen LogP contribution in [0.15, 0.2) is 120 Å². The van der Waals surface area contributed by atoms with Crippen LogP contribution in [-0.2, 0) is 6.42 Å². The van der Waals surface area contributed by atoms with Crippen LogP contribution in [0.3, 0.4) is 0 Å². The van der Waals surface area contributed by atoms with E-state index in [0.29, 0.717) is 0 Å². The molecule has 7 aromatic rings. The predicted molar refractivity (Wildman–Crippen MR) is 167 cm³/mol. The van der Waals surface area contributed by atoms with E-state index in [9.17, 15) is 0 Å². The number of thiophene rings is 1. The maximum atomic E-state index is 6.20. The van der Waals surface area contributed by atoms with E-state index in [-0.39, 0.29) is 0 Å². The van der Waals surface area contributed by atoms with Crippen molar-refractivity contribution >= 4 is 59.9 Å². The second kappa shape index (κ2) is 9.00. The van der Waals surface area contributed by atoms with Crippen LogP contribution in [0, 0.1) is 0 Å². The van der Waals surface area contributed by atoms with Crippen molar-refractivity contribution in [3.8, 4) is 22.3 Å². The fraction of sp³-hybridized carbons (Fsp3) is 0.0556. The fourth-order valence-electron chi connectivity index (χ4n) is 5.77. The number of anilines is 2. The zero-order valence-corrected chi connectivity index (χ0v) is 22.1. The van der Waals surface area contributed by atoms with Crippen molar-refractivity contribution in [2.45, 2.75) is 12.8 Å². The third-order valence-electron chi connectivity index (χ3n) is 7.72. The average Bonchev–Trinajstić information content (AvgIpc) is 3.55. The highest BCUT2D eigenvalue weighted by atomic mass is 32.1. The van der Waals surface area contributed by atoms with Crippen molar-refractivity contribution in [3.05, 3.63) is 127 Å². The summed E-state index contributed by atoms with van der Waals surface area (Å²) in [7, 11) is 0. The number of hydrogen-bond donors (Lipinski definition) is 1. The van der Waals surface area contributed by atoms with Crippen molar-refractivity contribution in [1.29, 1.82) is 0 Å². The van der Waals surface area contributed by atoms with Crippen LogP contribution in [-0.4, -0.2) is 0 Å². The van der Waals surface area contributed by atoms with Crippen LogP contribution < -0.4 is 5.32 Å². The quantitative estimate of drug-likeness (QED) is 0.250. The Balaban J connectivity index is 1.30. The third-order valence-corrected chi connectivity index (χ3v) is 8.87. The van der Waals surface area contributed by atoms with Crippen LogP contribution in [0.2, 0.25) is 0 Å². The van der Waals surface area contributed by atoms with Gasteiger partial charge < -0.3 is 9.73 Å². The van der Waals surface area contributed by atoms with Crippen molar-refractivity contribution in [3.63, 3.8) is 0 Å². The summed E-state index contributed by atoms with van der Waals surface area (Å²) in [6, 6.07) is 39.3. The first-order valence-corrected chi connectivity index (χ1v) is 14.2. The number of benzene rings is 5. The molecule has 0 radical (unpaired) electrons. The zero-order chi connectivity index (χ0) is 25.8. The Hall–Kier alpha value is -4.60. The van der Waals surface area contributed by atoms with Gasteiger partial charge in [-0.1, -0.05) is 66.7 Å². The van der Waals surface area contributed by atoms with Gasteiger partial charge in [-0.2, -0.15) is 0 Å². The minimum Gasteiger partial charge on any atom is -0.460 e. The lowest BCUT2D eigenvalue weighted by Gasteiger charge is -2.15. The van der Waals surface area contributed by atoms with Gasteiger partial charge in [0, 0.05) is 54.5 Å². The number of para-hydroxylation sites is 1. The Kier molecular flexibility index (Phi) is 5.17. The number of aryl methyl sites for hydroxylation is 1. The van der Waals surface area contributed by atoms with Crippen molar-refractivity contribution in [1.82, 2.24) is 0 Å². The molecule has 8 rings (SSSR count). The van der Waals surface area contributed by atoms with E-state index in [1.54, 1.807) is 0 Å². The molecular weight excluding hydrogens is 494 g/mol. The molecule has 0 aliphatic heterocycles. The monoisotopic (exact) mass is 519 g/mol. The van der Waals surface area contributed by atoms with E-state index in [4.69, 9.17) is 4.42 Å². The van der Waals surface area contributed by atoms with Gasteiger partial charge in [0.15, 0.2) is 0 Å². The standard InChI is InChI=1S/C36H25NOS/c1-2-8-26(9-3-1)37-32-17-14-23(24-16-19-36-31(21-24)28-11-5-7-13-35(28)39-36)20-29(32)25-15-18-34-30(22-25)27-10-4-6-12-33(27)38-34/h1-5,7-11,13-22,37H,6,12H2. The van der Waals surface area contributed by atoms with E-state index < -0.39 is 0 Å². The predicted octanol–water partition coefficient (Wildman–Crippen LogP) is 10.8. The molecule has 2 aromatic heterocycles. The number of allylic oxidation sites excluding steroid dienone is 1. The second-order valence-electron chi connectivity index (χ2n) is 10.2. The van der Waals surface area contributed by atoms with Gasteiger partial charge in [0.2, 0.25) is 0 Å². The molecule has 0 saturated heterocycles.